The van der Waals surface area contributed by atoms with Crippen LogP contribution in [0.4, 0.5) is 0 Å². The van der Waals surface area contributed by atoms with E-state index in [-0.39, 0.29) is 17.7 Å². The van der Waals surface area contributed by atoms with Crippen LogP contribution in [0, 0.1) is 11.8 Å². The molecule has 1 rings (SSSR count). The Balaban J connectivity index is 2.54. The molecule has 0 aromatic heterocycles. The molecule has 0 aromatic rings. The summed E-state index contributed by atoms with van der Waals surface area (Å²) in [5.74, 6) is -0.622. The predicted molar refractivity (Wildman–Crippen MR) is 48.1 cm³/mol. The van der Waals surface area contributed by atoms with Crippen LogP contribution in [0.5, 0.6) is 0 Å². The van der Waals surface area contributed by atoms with E-state index >= 15 is 0 Å². The van der Waals surface area contributed by atoms with Crippen LogP contribution >= 0.6 is 0 Å². The second-order valence-electron chi connectivity index (χ2n) is 3.39. The number of carbonyl (C=O) groups is 2. The highest BCUT2D eigenvalue weighted by molar-refractivity contribution is 6.01. The molecule has 0 aliphatic heterocycles. The fraction of sp³-hybridized carbons (Fsp3) is 0.800. The van der Waals surface area contributed by atoms with Crippen molar-refractivity contribution in [2.75, 3.05) is 6.61 Å². The van der Waals surface area contributed by atoms with Crippen LogP contribution in [0.1, 0.15) is 33.1 Å². The number of Topliss-reactive ketones (excluding diaryl/α,β-unsaturated/α-hetero) is 1. The standard InChI is InChI=1S/C10H16O3/c1-3-7-5-6-8(9(7)11)10(12)13-4-2/h7-8H,3-6H2,1-2H3. The van der Waals surface area contributed by atoms with Crippen molar-refractivity contribution >= 4 is 11.8 Å². The lowest BCUT2D eigenvalue weighted by Crippen LogP contribution is -2.24. The van der Waals surface area contributed by atoms with Gasteiger partial charge in [-0.05, 0) is 26.2 Å². The summed E-state index contributed by atoms with van der Waals surface area (Å²) in [5.41, 5.74) is 0. The molecule has 0 bridgehead atoms. The van der Waals surface area contributed by atoms with Crippen LogP contribution in [-0.2, 0) is 14.3 Å². The molecule has 0 spiro atoms. The molecule has 0 radical (unpaired) electrons. The van der Waals surface area contributed by atoms with E-state index in [0.717, 1.165) is 12.8 Å². The van der Waals surface area contributed by atoms with Crippen molar-refractivity contribution < 1.29 is 14.3 Å². The fourth-order valence-corrected chi connectivity index (χ4v) is 1.82. The van der Waals surface area contributed by atoms with Crippen LogP contribution in [0.3, 0.4) is 0 Å². The minimum Gasteiger partial charge on any atom is -0.465 e. The number of ether oxygens (including phenoxy) is 1. The molecule has 0 heterocycles. The monoisotopic (exact) mass is 184 g/mol. The molecule has 0 aromatic carbocycles. The lowest BCUT2D eigenvalue weighted by Gasteiger charge is -2.07. The lowest BCUT2D eigenvalue weighted by molar-refractivity contribution is -0.150. The van der Waals surface area contributed by atoms with E-state index in [1.165, 1.54) is 0 Å². The van der Waals surface area contributed by atoms with Crippen molar-refractivity contribution in [2.24, 2.45) is 11.8 Å². The number of ketones is 1. The molecular weight excluding hydrogens is 168 g/mol. The van der Waals surface area contributed by atoms with E-state index < -0.39 is 5.92 Å². The maximum absolute atomic E-state index is 11.6. The highest BCUT2D eigenvalue weighted by atomic mass is 16.5. The van der Waals surface area contributed by atoms with E-state index in [2.05, 4.69) is 0 Å². The maximum Gasteiger partial charge on any atom is 0.316 e. The van der Waals surface area contributed by atoms with Crippen molar-refractivity contribution in [1.82, 2.24) is 0 Å². The van der Waals surface area contributed by atoms with Crippen LogP contribution in [0.2, 0.25) is 0 Å². The lowest BCUT2D eigenvalue weighted by atomic mass is 10.0. The zero-order valence-corrected chi connectivity index (χ0v) is 8.21. The summed E-state index contributed by atoms with van der Waals surface area (Å²) in [6.45, 7) is 4.10. The second-order valence-corrected chi connectivity index (χ2v) is 3.39. The van der Waals surface area contributed by atoms with Crippen LogP contribution in [0.15, 0.2) is 0 Å². The average molecular weight is 184 g/mol. The molecule has 2 unspecified atom stereocenters. The van der Waals surface area contributed by atoms with Crippen LogP contribution < -0.4 is 0 Å². The SMILES string of the molecule is CCOC(=O)C1CCC(CC)C1=O. The van der Waals surface area contributed by atoms with Gasteiger partial charge in [-0.15, -0.1) is 0 Å². The normalized spacial score (nSPS) is 27.7. The Labute approximate surface area is 78.5 Å². The van der Waals surface area contributed by atoms with Gasteiger partial charge in [-0.25, -0.2) is 0 Å². The zero-order chi connectivity index (χ0) is 9.84. The fourth-order valence-electron chi connectivity index (χ4n) is 1.82. The molecule has 1 aliphatic carbocycles. The van der Waals surface area contributed by atoms with Gasteiger partial charge in [0.15, 0.2) is 0 Å². The molecule has 0 amide bonds. The van der Waals surface area contributed by atoms with E-state index in [0.29, 0.717) is 13.0 Å². The second kappa shape index (κ2) is 4.40. The summed E-state index contributed by atoms with van der Waals surface area (Å²) in [5, 5.41) is 0. The van der Waals surface area contributed by atoms with Crippen molar-refractivity contribution in [3.05, 3.63) is 0 Å². The number of esters is 1. The molecule has 13 heavy (non-hydrogen) atoms. The van der Waals surface area contributed by atoms with Gasteiger partial charge in [-0.1, -0.05) is 6.92 Å². The zero-order valence-electron chi connectivity index (χ0n) is 8.21. The van der Waals surface area contributed by atoms with Gasteiger partial charge in [0.2, 0.25) is 0 Å². The van der Waals surface area contributed by atoms with E-state index in [1.807, 2.05) is 6.92 Å². The summed E-state index contributed by atoms with van der Waals surface area (Å²) >= 11 is 0. The summed E-state index contributed by atoms with van der Waals surface area (Å²) in [7, 11) is 0. The quantitative estimate of drug-likeness (QED) is 0.493. The average Bonchev–Trinajstić information content (AvgIpc) is 2.47. The Morgan fingerprint density at radius 2 is 2.15 bits per heavy atom. The van der Waals surface area contributed by atoms with Crippen molar-refractivity contribution in [2.45, 2.75) is 33.1 Å². The van der Waals surface area contributed by atoms with Gasteiger partial charge in [-0.3, -0.25) is 9.59 Å². The van der Waals surface area contributed by atoms with Gasteiger partial charge in [0.05, 0.1) is 6.61 Å². The molecule has 3 nitrogen and oxygen atoms in total. The van der Waals surface area contributed by atoms with E-state index in [1.54, 1.807) is 6.92 Å². The highest BCUT2D eigenvalue weighted by Crippen LogP contribution is 2.30. The third kappa shape index (κ3) is 2.08. The summed E-state index contributed by atoms with van der Waals surface area (Å²) < 4.78 is 4.83. The Bertz CT molecular complexity index is 210. The van der Waals surface area contributed by atoms with Crippen molar-refractivity contribution in [3.8, 4) is 0 Å². The third-order valence-electron chi connectivity index (χ3n) is 2.61. The van der Waals surface area contributed by atoms with Gasteiger partial charge in [-0.2, -0.15) is 0 Å². The van der Waals surface area contributed by atoms with Gasteiger partial charge in [0.25, 0.3) is 0 Å². The van der Waals surface area contributed by atoms with Gasteiger partial charge >= 0.3 is 5.97 Å². The summed E-state index contributed by atoms with van der Waals surface area (Å²) in [4.78, 5) is 22.8. The van der Waals surface area contributed by atoms with Crippen molar-refractivity contribution in [3.63, 3.8) is 0 Å². The number of hydrogen-bond acceptors (Lipinski definition) is 3. The molecule has 1 fully saturated rings. The summed E-state index contributed by atoms with van der Waals surface area (Å²) in [6, 6.07) is 0. The molecule has 3 heteroatoms. The minimum atomic E-state index is -0.468. The predicted octanol–water partition coefficient (Wildman–Crippen LogP) is 1.55. The molecule has 1 aliphatic rings. The van der Waals surface area contributed by atoms with E-state index in [9.17, 15) is 9.59 Å². The third-order valence-corrected chi connectivity index (χ3v) is 2.61. The first-order valence-electron chi connectivity index (χ1n) is 4.91. The summed E-state index contributed by atoms with van der Waals surface area (Å²) in [6.07, 6.45) is 2.36. The Kier molecular flexibility index (Phi) is 3.46. The number of rotatable bonds is 3. The number of carbonyl (C=O) groups excluding carboxylic acids is 2. The Morgan fingerprint density at radius 3 is 2.62 bits per heavy atom. The maximum atomic E-state index is 11.6. The molecule has 74 valence electrons. The van der Waals surface area contributed by atoms with Crippen LogP contribution in [0.25, 0.3) is 0 Å². The number of hydrogen-bond donors (Lipinski definition) is 0. The smallest absolute Gasteiger partial charge is 0.316 e. The Hall–Kier alpha value is -0.860. The first-order chi connectivity index (χ1) is 6.20. The Morgan fingerprint density at radius 1 is 1.46 bits per heavy atom. The molecular formula is C10H16O3. The molecule has 1 saturated carbocycles. The van der Waals surface area contributed by atoms with Crippen molar-refractivity contribution in [1.29, 1.82) is 0 Å². The molecule has 0 saturated heterocycles. The molecule has 2 atom stereocenters. The van der Waals surface area contributed by atoms with Gasteiger partial charge in [0.1, 0.15) is 11.7 Å². The van der Waals surface area contributed by atoms with Gasteiger partial charge < -0.3 is 4.74 Å². The first-order valence-corrected chi connectivity index (χ1v) is 4.91. The first kappa shape index (κ1) is 10.2. The minimum absolute atomic E-state index is 0.0842. The molecule has 0 N–H and O–H groups in total. The van der Waals surface area contributed by atoms with Gasteiger partial charge in [0, 0.05) is 5.92 Å². The largest absolute Gasteiger partial charge is 0.465 e. The van der Waals surface area contributed by atoms with E-state index in [4.69, 9.17) is 4.74 Å². The van der Waals surface area contributed by atoms with Crippen LogP contribution in [-0.4, -0.2) is 18.4 Å². The highest BCUT2D eigenvalue weighted by Gasteiger charge is 2.38. The topological polar surface area (TPSA) is 43.4 Å².